The van der Waals surface area contributed by atoms with Crippen LogP contribution in [0, 0.1) is 11.7 Å². The SMILES string of the molecule is CC(C)CNc1nncc(NCCc2ccccc2F)n1. The standard InChI is InChI=1S/C15H20FN5/c1-11(2)9-18-15-20-14(10-19-21-15)17-8-7-12-5-3-4-6-13(12)16/h3-6,10-11H,7-9H2,1-2H3,(H2,17,18,20,21). The predicted octanol–water partition coefficient (Wildman–Crippen LogP) is 2.73. The average molecular weight is 289 g/mol. The molecule has 0 aliphatic heterocycles. The number of hydrogen-bond acceptors (Lipinski definition) is 5. The number of halogens is 1. The minimum Gasteiger partial charge on any atom is -0.368 e. The Bertz CT molecular complexity index is 573. The molecule has 0 aliphatic rings. The fraction of sp³-hybridized carbons (Fsp3) is 0.400. The molecule has 0 atom stereocenters. The van der Waals surface area contributed by atoms with E-state index in [1.54, 1.807) is 18.3 Å². The lowest BCUT2D eigenvalue weighted by Crippen LogP contribution is -2.13. The van der Waals surface area contributed by atoms with E-state index in [1.807, 2.05) is 6.07 Å². The van der Waals surface area contributed by atoms with Crippen LogP contribution in [0.15, 0.2) is 30.5 Å². The molecule has 1 heterocycles. The summed E-state index contributed by atoms with van der Waals surface area (Å²) in [5, 5.41) is 14.1. The Balaban J connectivity index is 1.86. The number of hydrogen-bond donors (Lipinski definition) is 2. The van der Waals surface area contributed by atoms with E-state index in [-0.39, 0.29) is 5.82 Å². The molecule has 0 saturated heterocycles. The summed E-state index contributed by atoms with van der Waals surface area (Å²) in [5.41, 5.74) is 0.685. The summed E-state index contributed by atoms with van der Waals surface area (Å²) in [6.45, 7) is 5.59. The van der Waals surface area contributed by atoms with Gasteiger partial charge < -0.3 is 10.6 Å². The second-order valence-corrected chi connectivity index (χ2v) is 5.21. The molecule has 2 N–H and O–H groups in total. The molecule has 0 amide bonds. The molecule has 0 unspecified atom stereocenters. The Hall–Kier alpha value is -2.24. The van der Waals surface area contributed by atoms with E-state index in [1.165, 1.54) is 6.07 Å². The van der Waals surface area contributed by atoms with Gasteiger partial charge >= 0.3 is 0 Å². The van der Waals surface area contributed by atoms with Crippen molar-refractivity contribution < 1.29 is 4.39 Å². The third-order valence-electron chi connectivity index (χ3n) is 2.89. The van der Waals surface area contributed by atoms with Gasteiger partial charge in [0.1, 0.15) is 5.82 Å². The van der Waals surface area contributed by atoms with Gasteiger partial charge in [0.2, 0.25) is 5.95 Å². The molecule has 0 fully saturated rings. The van der Waals surface area contributed by atoms with Gasteiger partial charge in [0, 0.05) is 13.1 Å². The molecule has 6 heteroatoms. The number of benzene rings is 1. The van der Waals surface area contributed by atoms with Crippen molar-refractivity contribution in [3.05, 3.63) is 41.8 Å². The molecular formula is C15H20FN5. The van der Waals surface area contributed by atoms with Crippen LogP contribution < -0.4 is 10.6 Å². The second-order valence-electron chi connectivity index (χ2n) is 5.21. The monoisotopic (exact) mass is 289 g/mol. The summed E-state index contributed by atoms with van der Waals surface area (Å²) in [6, 6.07) is 6.77. The molecule has 2 aromatic rings. The van der Waals surface area contributed by atoms with Crippen molar-refractivity contribution in [1.82, 2.24) is 15.2 Å². The van der Waals surface area contributed by atoms with Gasteiger partial charge in [0.15, 0.2) is 5.82 Å². The van der Waals surface area contributed by atoms with Crippen LogP contribution in [0.2, 0.25) is 0 Å². The Morgan fingerprint density at radius 1 is 1.19 bits per heavy atom. The van der Waals surface area contributed by atoms with Gasteiger partial charge in [-0.1, -0.05) is 32.0 Å². The summed E-state index contributed by atoms with van der Waals surface area (Å²) in [5.74, 6) is 1.46. The van der Waals surface area contributed by atoms with Gasteiger partial charge in [0.05, 0.1) is 6.20 Å². The van der Waals surface area contributed by atoms with E-state index < -0.39 is 0 Å². The molecular weight excluding hydrogens is 269 g/mol. The number of nitrogens with zero attached hydrogens (tertiary/aromatic N) is 3. The summed E-state index contributed by atoms with van der Waals surface area (Å²) in [4.78, 5) is 4.31. The lowest BCUT2D eigenvalue weighted by Gasteiger charge is -2.09. The van der Waals surface area contributed by atoms with E-state index in [9.17, 15) is 4.39 Å². The molecule has 21 heavy (non-hydrogen) atoms. The molecule has 0 aliphatic carbocycles. The molecule has 112 valence electrons. The maximum atomic E-state index is 13.5. The minimum absolute atomic E-state index is 0.181. The molecule has 1 aromatic carbocycles. The highest BCUT2D eigenvalue weighted by Crippen LogP contribution is 2.08. The third-order valence-corrected chi connectivity index (χ3v) is 2.89. The maximum Gasteiger partial charge on any atom is 0.244 e. The highest BCUT2D eigenvalue weighted by Gasteiger charge is 2.03. The largest absolute Gasteiger partial charge is 0.368 e. The summed E-state index contributed by atoms with van der Waals surface area (Å²) < 4.78 is 13.5. The highest BCUT2D eigenvalue weighted by atomic mass is 19.1. The number of aromatic nitrogens is 3. The van der Waals surface area contributed by atoms with Crippen molar-refractivity contribution in [2.24, 2.45) is 5.92 Å². The summed E-state index contributed by atoms with van der Waals surface area (Å²) in [6.07, 6.45) is 2.15. The van der Waals surface area contributed by atoms with E-state index in [0.29, 0.717) is 36.2 Å². The normalized spacial score (nSPS) is 10.7. The van der Waals surface area contributed by atoms with Gasteiger partial charge in [-0.3, -0.25) is 0 Å². The average Bonchev–Trinajstić information content (AvgIpc) is 2.48. The maximum absolute atomic E-state index is 13.5. The van der Waals surface area contributed by atoms with Crippen molar-refractivity contribution in [2.75, 3.05) is 23.7 Å². The van der Waals surface area contributed by atoms with Crippen LogP contribution in [0.25, 0.3) is 0 Å². The number of rotatable bonds is 7. The fourth-order valence-electron chi connectivity index (χ4n) is 1.79. The summed E-state index contributed by atoms with van der Waals surface area (Å²) in [7, 11) is 0. The van der Waals surface area contributed by atoms with Crippen LogP contribution in [0.5, 0.6) is 0 Å². The van der Waals surface area contributed by atoms with E-state index in [0.717, 1.165) is 6.54 Å². The zero-order chi connectivity index (χ0) is 15.1. The highest BCUT2D eigenvalue weighted by molar-refractivity contribution is 5.37. The first-order chi connectivity index (χ1) is 10.1. The molecule has 0 saturated carbocycles. The zero-order valence-electron chi connectivity index (χ0n) is 12.3. The first kappa shape index (κ1) is 15.2. The molecule has 1 aromatic heterocycles. The van der Waals surface area contributed by atoms with Crippen LogP contribution >= 0.6 is 0 Å². The number of anilines is 2. The van der Waals surface area contributed by atoms with E-state index >= 15 is 0 Å². The van der Waals surface area contributed by atoms with Gasteiger partial charge in [-0.05, 0) is 24.0 Å². The first-order valence-corrected chi connectivity index (χ1v) is 7.06. The topological polar surface area (TPSA) is 62.7 Å². The van der Waals surface area contributed by atoms with Crippen LogP contribution in [0.1, 0.15) is 19.4 Å². The van der Waals surface area contributed by atoms with Gasteiger partial charge in [0.25, 0.3) is 0 Å². The lowest BCUT2D eigenvalue weighted by atomic mass is 10.1. The lowest BCUT2D eigenvalue weighted by molar-refractivity contribution is 0.610. The van der Waals surface area contributed by atoms with Gasteiger partial charge in [-0.15, -0.1) is 5.10 Å². The van der Waals surface area contributed by atoms with Crippen molar-refractivity contribution in [3.8, 4) is 0 Å². The van der Waals surface area contributed by atoms with Crippen LogP contribution in [0.4, 0.5) is 16.2 Å². The van der Waals surface area contributed by atoms with Crippen molar-refractivity contribution in [2.45, 2.75) is 20.3 Å². The number of nitrogens with one attached hydrogen (secondary N) is 2. The quantitative estimate of drug-likeness (QED) is 0.820. The van der Waals surface area contributed by atoms with Crippen molar-refractivity contribution in [1.29, 1.82) is 0 Å². The third kappa shape index (κ3) is 4.98. The van der Waals surface area contributed by atoms with Crippen molar-refractivity contribution >= 4 is 11.8 Å². The zero-order valence-corrected chi connectivity index (χ0v) is 12.3. The molecule has 5 nitrogen and oxygen atoms in total. The molecule has 2 rings (SSSR count). The molecule has 0 bridgehead atoms. The van der Waals surface area contributed by atoms with Crippen LogP contribution in [-0.4, -0.2) is 28.3 Å². The van der Waals surface area contributed by atoms with Gasteiger partial charge in [-0.25, -0.2) is 4.39 Å². The predicted molar refractivity (Wildman–Crippen MR) is 81.7 cm³/mol. The van der Waals surface area contributed by atoms with E-state index in [4.69, 9.17) is 0 Å². The minimum atomic E-state index is -0.181. The molecule has 0 spiro atoms. The Morgan fingerprint density at radius 2 is 2.00 bits per heavy atom. The van der Waals surface area contributed by atoms with Gasteiger partial charge in [-0.2, -0.15) is 10.1 Å². The second kappa shape index (κ2) is 7.52. The van der Waals surface area contributed by atoms with Crippen LogP contribution in [-0.2, 0) is 6.42 Å². The Labute approximate surface area is 124 Å². The Morgan fingerprint density at radius 3 is 2.76 bits per heavy atom. The summed E-state index contributed by atoms with van der Waals surface area (Å²) >= 11 is 0. The molecule has 0 radical (unpaired) electrons. The van der Waals surface area contributed by atoms with Crippen LogP contribution in [0.3, 0.4) is 0 Å². The smallest absolute Gasteiger partial charge is 0.244 e. The fourth-order valence-corrected chi connectivity index (χ4v) is 1.79. The Kier molecular flexibility index (Phi) is 5.43. The van der Waals surface area contributed by atoms with Crippen molar-refractivity contribution in [3.63, 3.8) is 0 Å². The van der Waals surface area contributed by atoms with E-state index in [2.05, 4.69) is 39.7 Å². The first-order valence-electron chi connectivity index (χ1n) is 7.06.